The fourth-order valence-electron chi connectivity index (χ4n) is 7.57. The molecule has 0 radical (unpaired) electrons. The van der Waals surface area contributed by atoms with Crippen molar-refractivity contribution in [3.8, 4) is 16.9 Å². The number of carboxylic acid groups (broad SMARTS) is 1. The summed E-state index contributed by atoms with van der Waals surface area (Å²) in [4.78, 5) is 28.5. The van der Waals surface area contributed by atoms with E-state index in [1.165, 1.54) is 0 Å². The van der Waals surface area contributed by atoms with E-state index in [0.29, 0.717) is 36.7 Å². The van der Waals surface area contributed by atoms with Crippen LogP contribution in [0.1, 0.15) is 68.3 Å². The predicted molar refractivity (Wildman–Crippen MR) is 201 cm³/mol. The number of hydrogen-bond donors (Lipinski definition) is 1. The van der Waals surface area contributed by atoms with Gasteiger partial charge in [0.2, 0.25) is 0 Å². The van der Waals surface area contributed by atoms with Crippen molar-refractivity contribution in [3.05, 3.63) is 110 Å². The van der Waals surface area contributed by atoms with Crippen LogP contribution in [-0.4, -0.2) is 44.5 Å². The maximum Gasteiger partial charge on any atom is 0.335 e. The fraction of sp³-hybridized carbons (Fsp3) is 0.275. The van der Waals surface area contributed by atoms with Crippen molar-refractivity contribution in [2.24, 2.45) is 7.05 Å². The van der Waals surface area contributed by atoms with Crippen molar-refractivity contribution in [1.82, 2.24) is 14.3 Å². The van der Waals surface area contributed by atoms with E-state index >= 15 is 0 Å². The second kappa shape index (κ2) is 12.8. The number of amides is 1. The number of halogens is 2. The summed E-state index contributed by atoms with van der Waals surface area (Å²) >= 11 is 13.5. The number of carbonyl (C=O) groups is 2. The molecule has 1 atom stereocenters. The summed E-state index contributed by atoms with van der Waals surface area (Å²) in [5.41, 5.74) is 9.07. The molecule has 1 N–H and O–H groups in total. The van der Waals surface area contributed by atoms with Gasteiger partial charge in [-0.2, -0.15) is 5.10 Å². The first-order valence-electron chi connectivity index (χ1n) is 16.7. The number of aromatic carboxylic acids is 1. The molecule has 10 heteroatoms. The Labute approximate surface area is 300 Å². The molecule has 0 bridgehead atoms. The van der Waals surface area contributed by atoms with E-state index in [-0.39, 0.29) is 17.5 Å². The molecule has 0 spiro atoms. The number of carbonyl (C=O) groups excluding carboxylic acids is 1. The van der Waals surface area contributed by atoms with Gasteiger partial charge in [0.15, 0.2) is 0 Å². The van der Waals surface area contributed by atoms with Gasteiger partial charge in [0.1, 0.15) is 11.4 Å². The van der Waals surface area contributed by atoms with Crippen LogP contribution in [0.5, 0.6) is 5.75 Å². The van der Waals surface area contributed by atoms with Gasteiger partial charge in [-0.1, -0.05) is 47.5 Å². The van der Waals surface area contributed by atoms with Crippen LogP contribution >= 0.6 is 23.2 Å². The number of aryl methyl sites for hydroxylation is 5. The molecular weight excluding hydrogens is 671 g/mol. The maximum absolute atomic E-state index is 14.9. The van der Waals surface area contributed by atoms with Gasteiger partial charge in [0.25, 0.3) is 5.91 Å². The lowest BCUT2D eigenvalue weighted by Gasteiger charge is -2.35. The Hall–Kier alpha value is -4.79. The van der Waals surface area contributed by atoms with Crippen LogP contribution in [0.2, 0.25) is 10.0 Å². The second-order valence-electron chi connectivity index (χ2n) is 13.3. The molecule has 0 fully saturated rings. The Bertz CT molecular complexity index is 2350. The summed E-state index contributed by atoms with van der Waals surface area (Å²) in [6.07, 6.45) is 1.27. The maximum atomic E-state index is 14.9. The third-order valence-electron chi connectivity index (χ3n) is 9.96. The van der Waals surface area contributed by atoms with Gasteiger partial charge in [-0.15, -0.1) is 0 Å². The predicted octanol–water partition coefficient (Wildman–Crippen LogP) is 9.67. The fourth-order valence-corrected chi connectivity index (χ4v) is 7.93. The minimum absolute atomic E-state index is 0.113. The van der Waals surface area contributed by atoms with E-state index in [0.717, 1.165) is 77.3 Å². The summed E-state index contributed by atoms with van der Waals surface area (Å²) in [6.45, 7) is 11.0. The van der Waals surface area contributed by atoms with E-state index in [4.69, 9.17) is 33.0 Å². The third-order valence-corrected chi connectivity index (χ3v) is 10.9. The van der Waals surface area contributed by atoms with Crippen molar-refractivity contribution >= 4 is 62.4 Å². The van der Waals surface area contributed by atoms with Gasteiger partial charge in [0, 0.05) is 52.3 Å². The van der Waals surface area contributed by atoms with Gasteiger partial charge in [0.05, 0.1) is 34.1 Å². The summed E-state index contributed by atoms with van der Waals surface area (Å²) in [5.74, 6) is -0.341. The van der Waals surface area contributed by atoms with Gasteiger partial charge in [-0.05, 0) is 106 Å². The normalized spacial score (nSPS) is 14.5. The van der Waals surface area contributed by atoms with Crippen LogP contribution in [-0.2, 0) is 13.5 Å². The Morgan fingerprint density at radius 2 is 1.70 bits per heavy atom. The number of fused-ring (bicyclic) bond motifs is 4. The molecule has 256 valence electrons. The van der Waals surface area contributed by atoms with Gasteiger partial charge < -0.3 is 19.3 Å². The summed E-state index contributed by atoms with van der Waals surface area (Å²) in [7, 11) is 1.93. The van der Waals surface area contributed by atoms with Crippen LogP contribution in [0.15, 0.2) is 60.7 Å². The highest BCUT2D eigenvalue weighted by Crippen LogP contribution is 2.45. The zero-order chi connectivity index (χ0) is 35.6. The van der Waals surface area contributed by atoms with E-state index in [1.807, 2.05) is 86.8 Å². The topological polar surface area (TPSA) is 89.6 Å². The molecule has 0 saturated carbocycles. The number of hydrogen-bond acceptors (Lipinski definition) is 4. The zero-order valence-electron chi connectivity index (χ0n) is 28.9. The quantitative estimate of drug-likeness (QED) is 0.159. The smallest absolute Gasteiger partial charge is 0.335 e. The molecule has 0 saturated heterocycles. The molecule has 50 heavy (non-hydrogen) atoms. The molecule has 0 aliphatic carbocycles. The summed E-state index contributed by atoms with van der Waals surface area (Å²) in [5, 5.41) is 18.2. The Balaban J connectivity index is 1.37. The van der Waals surface area contributed by atoms with Gasteiger partial charge >= 0.3 is 5.97 Å². The highest BCUT2D eigenvalue weighted by Gasteiger charge is 2.37. The summed E-state index contributed by atoms with van der Waals surface area (Å²) in [6, 6.07) is 18.5. The highest BCUT2D eigenvalue weighted by atomic mass is 35.5. The third kappa shape index (κ3) is 5.51. The monoisotopic (exact) mass is 708 g/mol. The number of rotatable bonds is 8. The lowest BCUT2D eigenvalue weighted by Crippen LogP contribution is -2.42. The van der Waals surface area contributed by atoms with E-state index in [9.17, 15) is 14.7 Å². The Kier molecular flexibility index (Phi) is 8.65. The zero-order valence-corrected chi connectivity index (χ0v) is 30.4. The number of carboxylic acids is 1. The van der Waals surface area contributed by atoms with Crippen LogP contribution in [0.4, 0.5) is 5.69 Å². The van der Waals surface area contributed by atoms with Gasteiger partial charge in [-0.3, -0.25) is 9.48 Å². The van der Waals surface area contributed by atoms with Crippen LogP contribution < -0.4 is 9.64 Å². The first-order chi connectivity index (χ1) is 23.9. The SMILES string of the molecule is Cc1cc(OCCCc2c3n(c4c(-c5c(C)nn(C)c5C)c(Cl)ccc24)[C@H](C)CN(c2cccc4cc(C(=O)O)ccc24)C3=O)cc(C)c1Cl. The highest BCUT2D eigenvalue weighted by molar-refractivity contribution is 6.35. The summed E-state index contributed by atoms with van der Waals surface area (Å²) < 4.78 is 10.2. The molecule has 1 aliphatic rings. The molecule has 3 heterocycles. The average Bonchev–Trinajstić information content (AvgIpc) is 3.55. The second-order valence-corrected chi connectivity index (χ2v) is 14.1. The van der Waals surface area contributed by atoms with Crippen molar-refractivity contribution in [2.45, 2.75) is 53.5 Å². The lowest BCUT2D eigenvalue weighted by molar-refractivity contribution is 0.0696. The average molecular weight is 710 g/mol. The van der Waals surface area contributed by atoms with Crippen molar-refractivity contribution < 1.29 is 19.4 Å². The van der Waals surface area contributed by atoms with E-state index in [2.05, 4.69) is 11.5 Å². The minimum Gasteiger partial charge on any atom is -0.494 e. The van der Waals surface area contributed by atoms with Crippen LogP contribution in [0.3, 0.4) is 0 Å². The van der Waals surface area contributed by atoms with Crippen molar-refractivity contribution in [1.29, 1.82) is 0 Å². The Morgan fingerprint density at radius 1 is 0.980 bits per heavy atom. The molecule has 1 aliphatic heterocycles. The molecule has 1 amide bonds. The number of benzene rings is 4. The van der Waals surface area contributed by atoms with Crippen LogP contribution in [0.25, 0.3) is 32.8 Å². The standard InChI is InChI=1S/C40H38Cl2N4O4/c1-21-17-28(18-22(2)36(21)42)50-16-8-10-30-31-14-15-32(41)35(34-24(4)43-44(6)25(34)5)37(31)46-23(3)20-45(39(47)38(30)46)33-11-7-9-26-19-27(40(48)49)12-13-29(26)33/h7,9,11-15,17-19,23H,8,10,16,20H2,1-6H3,(H,48,49)/t23-/m1/s1. The lowest BCUT2D eigenvalue weighted by atomic mass is 9.98. The number of ether oxygens (including phenoxy) is 1. The molecular formula is C40H38Cl2N4O4. The largest absolute Gasteiger partial charge is 0.494 e. The molecule has 6 aromatic rings. The number of nitrogens with zero attached hydrogens (tertiary/aromatic N) is 4. The van der Waals surface area contributed by atoms with E-state index in [1.54, 1.807) is 18.2 Å². The van der Waals surface area contributed by atoms with Crippen LogP contribution in [0, 0.1) is 27.7 Å². The van der Waals surface area contributed by atoms with Crippen molar-refractivity contribution in [2.75, 3.05) is 18.1 Å². The minimum atomic E-state index is -0.993. The van der Waals surface area contributed by atoms with Gasteiger partial charge in [-0.25, -0.2) is 4.79 Å². The number of anilines is 1. The first kappa shape index (κ1) is 33.7. The Morgan fingerprint density at radius 3 is 2.38 bits per heavy atom. The van der Waals surface area contributed by atoms with Crippen molar-refractivity contribution in [3.63, 3.8) is 0 Å². The molecule has 7 rings (SSSR count). The first-order valence-corrected chi connectivity index (χ1v) is 17.5. The molecule has 0 unspecified atom stereocenters. The molecule has 4 aromatic carbocycles. The molecule has 2 aromatic heterocycles. The number of aromatic nitrogens is 3. The van der Waals surface area contributed by atoms with E-state index < -0.39 is 5.97 Å². The molecule has 8 nitrogen and oxygen atoms in total.